The fourth-order valence-electron chi connectivity index (χ4n) is 2.23. The van der Waals surface area contributed by atoms with Gasteiger partial charge in [0.2, 0.25) is 11.8 Å². The molecular weight excluding hydrogens is 266 g/mol. The van der Waals surface area contributed by atoms with E-state index >= 15 is 0 Å². The number of benzene rings is 2. The van der Waals surface area contributed by atoms with Gasteiger partial charge in [0.15, 0.2) is 0 Å². The monoisotopic (exact) mass is 283 g/mol. The SMILES string of the molecule is NC1(C(=O)NCC(=O)Nc2cccc3ccccc23)CC1. The Bertz CT molecular complexity index is 702. The van der Waals surface area contributed by atoms with Gasteiger partial charge >= 0.3 is 0 Å². The highest BCUT2D eigenvalue weighted by Gasteiger charge is 2.45. The van der Waals surface area contributed by atoms with Gasteiger partial charge in [-0.2, -0.15) is 0 Å². The van der Waals surface area contributed by atoms with Gasteiger partial charge in [0.05, 0.1) is 12.1 Å². The number of hydrogen-bond donors (Lipinski definition) is 3. The fourth-order valence-corrected chi connectivity index (χ4v) is 2.23. The summed E-state index contributed by atoms with van der Waals surface area (Å²) < 4.78 is 0. The fraction of sp³-hybridized carbons (Fsp3) is 0.250. The highest BCUT2D eigenvalue weighted by molar-refractivity contribution is 6.03. The van der Waals surface area contributed by atoms with Gasteiger partial charge in [-0.1, -0.05) is 36.4 Å². The molecule has 3 rings (SSSR count). The summed E-state index contributed by atoms with van der Waals surface area (Å²) in [6.07, 6.45) is 1.37. The molecule has 0 aromatic heterocycles. The molecule has 1 fully saturated rings. The number of nitrogens with two attached hydrogens (primary N) is 1. The van der Waals surface area contributed by atoms with Crippen LogP contribution in [-0.2, 0) is 9.59 Å². The molecule has 5 nitrogen and oxygen atoms in total. The van der Waals surface area contributed by atoms with E-state index in [2.05, 4.69) is 10.6 Å². The van der Waals surface area contributed by atoms with Gasteiger partial charge in [0, 0.05) is 11.1 Å². The van der Waals surface area contributed by atoms with E-state index < -0.39 is 5.54 Å². The number of hydrogen-bond acceptors (Lipinski definition) is 3. The Balaban J connectivity index is 1.65. The molecule has 0 aliphatic heterocycles. The van der Waals surface area contributed by atoms with Crippen LogP contribution in [0.4, 0.5) is 5.69 Å². The van der Waals surface area contributed by atoms with E-state index in [1.807, 2.05) is 42.5 Å². The van der Waals surface area contributed by atoms with Crippen molar-refractivity contribution in [2.75, 3.05) is 11.9 Å². The maximum absolute atomic E-state index is 11.9. The second kappa shape index (κ2) is 5.18. The van der Waals surface area contributed by atoms with E-state index in [1.54, 1.807) is 0 Å². The van der Waals surface area contributed by atoms with Crippen LogP contribution < -0.4 is 16.4 Å². The largest absolute Gasteiger partial charge is 0.345 e. The molecule has 5 heteroatoms. The van der Waals surface area contributed by atoms with E-state index in [1.165, 1.54) is 0 Å². The van der Waals surface area contributed by atoms with Crippen LogP contribution >= 0.6 is 0 Å². The van der Waals surface area contributed by atoms with Gasteiger partial charge < -0.3 is 16.4 Å². The van der Waals surface area contributed by atoms with Crippen LogP contribution in [0.2, 0.25) is 0 Å². The third-order valence-electron chi connectivity index (χ3n) is 3.71. The van der Waals surface area contributed by atoms with E-state index in [0.717, 1.165) is 16.5 Å². The van der Waals surface area contributed by atoms with Crippen molar-refractivity contribution in [3.63, 3.8) is 0 Å². The molecule has 2 aromatic carbocycles. The third-order valence-corrected chi connectivity index (χ3v) is 3.71. The van der Waals surface area contributed by atoms with Gasteiger partial charge in [-0.25, -0.2) is 0 Å². The summed E-state index contributed by atoms with van der Waals surface area (Å²) in [5.41, 5.74) is 5.75. The first kappa shape index (κ1) is 13.6. The van der Waals surface area contributed by atoms with Gasteiger partial charge in [-0.05, 0) is 24.3 Å². The standard InChI is InChI=1S/C16H17N3O2/c17-16(8-9-16)15(21)18-10-14(20)19-13-7-3-5-11-4-1-2-6-12(11)13/h1-7H,8-10,17H2,(H,18,21)(H,19,20). The molecule has 0 atom stereocenters. The highest BCUT2D eigenvalue weighted by Crippen LogP contribution is 2.32. The van der Waals surface area contributed by atoms with E-state index in [0.29, 0.717) is 12.8 Å². The first-order valence-electron chi connectivity index (χ1n) is 6.93. The predicted molar refractivity (Wildman–Crippen MR) is 81.7 cm³/mol. The number of rotatable bonds is 4. The Morgan fingerprint density at radius 2 is 1.81 bits per heavy atom. The summed E-state index contributed by atoms with van der Waals surface area (Å²) in [4.78, 5) is 23.6. The second-order valence-corrected chi connectivity index (χ2v) is 5.41. The van der Waals surface area contributed by atoms with Crippen molar-refractivity contribution in [1.82, 2.24) is 5.32 Å². The lowest BCUT2D eigenvalue weighted by Gasteiger charge is -2.11. The Morgan fingerprint density at radius 1 is 1.10 bits per heavy atom. The summed E-state index contributed by atoms with van der Waals surface area (Å²) >= 11 is 0. The quantitative estimate of drug-likeness (QED) is 0.792. The topological polar surface area (TPSA) is 84.2 Å². The van der Waals surface area contributed by atoms with Gasteiger partial charge in [0.1, 0.15) is 0 Å². The molecule has 2 amide bonds. The molecule has 0 radical (unpaired) electrons. The average Bonchev–Trinajstić information content (AvgIpc) is 3.24. The van der Waals surface area contributed by atoms with Crippen LogP contribution in [0.3, 0.4) is 0 Å². The zero-order valence-electron chi connectivity index (χ0n) is 11.6. The van der Waals surface area contributed by atoms with Gasteiger partial charge in [-0.3, -0.25) is 9.59 Å². The van der Waals surface area contributed by atoms with Crippen molar-refractivity contribution in [1.29, 1.82) is 0 Å². The lowest BCUT2D eigenvalue weighted by Crippen LogP contribution is -2.45. The van der Waals surface area contributed by atoms with Gasteiger partial charge in [-0.15, -0.1) is 0 Å². The lowest BCUT2D eigenvalue weighted by molar-refractivity contribution is -0.125. The number of anilines is 1. The van der Waals surface area contributed by atoms with Crippen molar-refractivity contribution < 1.29 is 9.59 Å². The molecule has 1 aliphatic rings. The Labute approximate surface area is 122 Å². The molecule has 4 N–H and O–H groups in total. The molecule has 21 heavy (non-hydrogen) atoms. The van der Waals surface area contributed by atoms with Crippen molar-refractivity contribution in [2.45, 2.75) is 18.4 Å². The van der Waals surface area contributed by atoms with Crippen molar-refractivity contribution >= 4 is 28.3 Å². The molecule has 1 aliphatic carbocycles. The van der Waals surface area contributed by atoms with Crippen LogP contribution in [-0.4, -0.2) is 23.9 Å². The van der Waals surface area contributed by atoms with Gasteiger partial charge in [0.25, 0.3) is 0 Å². The number of amides is 2. The molecule has 2 aromatic rings. The smallest absolute Gasteiger partial charge is 0.243 e. The van der Waals surface area contributed by atoms with Crippen LogP contribution in [0, 0.1) is 0 Å². The first-order chi connectivity index (χ1) is 10.1. The predicted octanol–water partition coefficient (Wildman–Crippen LogP) is 1.39. The van der Waals surface area contributed by atoms with E-state index in [4.69, 9.17) is 5.73 Å². The highest BCUT2D eigenvalue weighted by atomic mass is 16.2. The van der Waals surface area contributed by atoms with Crippen molar-refractivity contribution in [2.24, 2.45) is 5.73 Å². The van der Waals surface area contributed by atoms with Crippen molar-refractivity contribution in [3.8, 4) is 0 Å². The Hall–Kier alpha value is -2.40. The van der Waals surface area contributed by atoms with Crippen LogP contribution in [0.5, 0.6) is 0 Å². The summed E-state index contributed by atoms with van der Waals surface area (Å²) in [6, 6.07) is 13.5. The minimum atomic E-state index is -0.750. The van der Waals surface area contributed by atoms with E-state index in [9.17, 15) is 9.59 Å². The number of nitrogens with one attached hydrogen (secondary N) is 2. The molecule has 1 saturated carbocycles. The number of carbonyl (C=O) groups excluding carboxylic acids is 2. The van der Waals surface area contributed by atoms with Crippen molar-refractivity contribution in [3.05, 3.63) is 42.5 Å². The van der Waals surface area contributed by atoms with E-state index in [-0.39, 0.29) is 18.4 Å². The van der Waals surface area contributed by atoms with Crippen LogP contribution in [0.15, 0.2) is 42.5 Å². The van der Waals surface area contributed by atoms with Crippen LogP contribution in [0.25, 0.3) is 10.8 Å². The molecule has 108 valence electrons. The molecule has 0 heterocycles. The molecular formula is C16H17N3O2. The summed E-state index contributed by atoms with van der Waals surface area (Å²) in [5, 5.41) is 7.42. The maximum atomic E-state index is 11.9. The zero-order valence-corrected chi connectivity index (χ0v) is 11.6. The molecule has 0 saturated heterocycles. The molecule has 0 spiro atoms. The summed E-state index contributed by atoms with van der Waals surface area (Å²) in [7, 11) is 0. The first-order valence-corrected chi connectivity index (χ1v) is 6.93. The number of carbonyl (C=O) groups is 2. The summed E-state index contributed by atoms with van der Waals surface area (Å²) in [6.45, 7) is -0.0684. The summed E-state index contributed by atoms with van der Waals surface area (Å²) in [5.74, 6) is -0.514. The minimum absolute atomic E-state index is 0.0684. The average molecular weight is 283 g/mol. The molecule has 0 bridgehead atoms. The Kier molecular flexibility index (Phi) is 3.35. The molecule has 0 unspecified atom stereocenters. The third kappa shape index (κ3) is 2.87. The minimum Gasteiger partial charge on any atom is -0.345 e. The van der Waals surface area contributed by atoms with Crippen LogP contribution in [0.1, 0.15) is 12.8 Å². The zero-order chi connectivity index (χ0) is 14.9. The second-order valence-electron chi connectivity index (χ2n) is 5.41. The number of fused-ring (bicyclic) bond motifs is 1. The maximum Gasteiger partial charge on any atom is 0.243 e. The normalized spacial score (nSPS) is 15.5. The lowest BCUT2D eigenvalue weighted by atomic mass is 10.1. The Morgan fingerprint density at radius 3 is 2.57 bits per heavy atom.